The smallest absolute Gasteiger partial charge is 0.225 e. The largest absolute Gasteiger partial charge is 0.497 e. The van der Waals surface area contributed by atoms with E-state index in [2.05, 4.69) is 22.8 Å². The summed E-state index contributed by atoms with van der Waals surface area (Å²) in [5.41, 5.74) is 1.38. The molecule has 2 aliphatic rings. The van der Waals surface area contributed by atoms with E-state index in [0.717, 1.165) is 38.2 Å². The molecule has 1 aromatic rings. The van der Waals surface area contributed by atoms with Crippen molar-refractivity contribution in [3.05, 3.63) is 29.8 Å². The van der Waals surface area contributed by atoms with Crippen LogP contribution in [0.3, 0.4) is 0 Å². The van der Waals surface area contributed by atoms with Crippen molar-refractivity contribution >= 4 is 18.3 Å². The summed E-state index contributed by atoms with van der Waals surface area (Å²) < 4.78 is 5.35. The lowest BCUT2D eigenvalue weighted by molar-refractivity contribution is -0.126. The Hall–Kier alpha value is -1.26. The number of amides is 1. The molecule has 122 valence electrons. The molecule has 1 aromatic carbocycles. The molecule has 0 spiro atoms. The number of carbonyl (C=O) groups excluding carboxylic acids is 1. The maximum atomic E-state index is 12.1. The number of hydrogen-bond donors (Lipinski definition) is 2. The molecule has 0 atom stereocenters. The minimum absolute atomic E-state index is 0. The lowest BCUT2D eigenvalue weighted by Gasteiger charge is -2.32. The molecule has 0 aromatic heterocycles. The van der Waals surface area contributed by atoms with Gasteiger partial charge < -0.3 is 15.4 Å². The fourth-order valence-electron chi connectivity index (χ4n) is 3.45. The Morgan fingerprint density at radius 1 is 1.36 bits per heavy atom. The summed E-state index contributed by atoms with van der Waals surface area (Å²) in [4.78, 5) is 12.1. The minimum atomic E-state index is 0. The Morgan fingerprint density at radius 3 is 2.68 bits per heavy atom. The number of benzene rings is 1. The minimum Gasteiger partial charge on any atom is -0.497 e. The average molecular weight is 325 g/mol. The summed E-state index contributed by atoms with van der Waals surface area (Å²) >= 11 is 0. The Balaban J connectivity index is 0.00000176. The number of halogens is 1. The maximum absolute atomic E-state index is 12.1. The maximum Gasteiger partial charge on any atom is 0.225 e. The monoisotopic (exact) mass is 324 g/mol. The van der Waals surface area contributed by atoms with Gasteiger partial charge in [0.05, 0.1) is 13.0 Å². The zero-order valence-electron chi connectivity index (χ0n) is 13.1. The molecular weight excluding hydrogens is 300 g/mol. The lowest BCUT2D eigenvalue weighted by atomic mass is 9.78. The van der Waals surface area contributed by atoms with Crippen LogP contribution in [0.25, 0.3) is 0 Å². The van der Waals surface area contributed by atoms with Gasteiger partial charge >= 0.3 is 0 Å². The molecular formula is C17H25ClN2O2. The van der Waals surface area contributed by atoms with Crippen LogP contribution in [0.5, 0.6) is 5.75 Å². The van der Waals surface area contributed by atoms with E-state index in [1.807, 2.05) is 12.1 Å². The second-order valence-corrected chi connectivity index (χ2v) is 6.29. The first-order valence-electron chi connectivity index (χ1n) is 7.86. The van der Waals surface area contributed by atoms with Crippen molar-refractivity contribution < 1.29 is 9.53 Å². The number of hydrogen-bond acceptors (Lipinski definition) is 3. The van der Waals surface area contributed by atoms with Gasteiger partial charge in [-0.25, -0.2) is 0 Å². The predicted octanol–water partition coefficient (Wildman–Crippen LogP) is 2.26. The highest BCUT2D eigenvalue weighted by atomic mass is 35.5. The molecule has 0 bridgehead atoms. The average Bonchev–Trinajstić information content (AvgIpc) is 2.93. The van der Waals surface area contributed by atoms with Gasteiger partial charge in [0.25, 0.3) is 0 Å². The number of nitrogens with one attached hydrogen (secondary N) is 2. The molecule has 0 radical (unpaired) electrons. The molecule has 1 amide bonds. The standard InChI is InChI=1S/C17H24N2O2.ClH/c1-21-15-6-4-5-14(9-15)17(7-2-3-8-17)12-19-16(20)13-10-18-11-13;/h4-6,9,13,18H,2-3,7-8,10-12H2,1H3,(H,19,20);1H. The molecule has 0 unspecified atom stereocenters. The van der Waals surface area contributed by atoms with Crippen LogP contribution < -0.4 is 15.4 Å². The third-order valence-corrected chi connectivity index (χ3v) is 5.00. The first-order valence-corrected chi connectivity index (χ1v) is 7.86. The van der Waals surface area contributed by atoms with Gasteiger partial charge in [0, 0.05) is 25.0 Å². The summed E-state index contributed by atoms with van der Waals surface area (Å²) in [6.07, 6.45) is 4.75. The fourth-order valence-corrected chi connectivity index (χ4v) is 3.45. The summed E-state index contributed by atoms with van der Waals surface area (Å²) in [6, 6.07) is 8.32. The Kier molecular flexibility index (Phi) is 5.70. The van der Waals surface area contributed by atoms with Crippen LogP contribution in [-0.2, 0) is 10.2 Å². The normalized spacial score (nSPS) is 19.9. The van der Waals surface area contributed by atoms with Gasteiger partial charge in [0.15, 0.2) is 0 Å². The number of ether oxygens (including phenoxy) is 1. The third-order valence-electron chi connectivity index (χ3n) is 5.00. The first kappa shape index (κ1) is 17.1. The van der Waals surface area contributed by atoms with Crippen LogP contribution in [0.2, 0.25) is 0 Å². The van der Waals surface area contributed by atoms with Crippen molar-refractivity contribution in [1.29, 1.82) is 0 Å². The van der Waals surface area contributed by atoms with E-state index in [0.29, 0.717) is 0 Å². The number of rotatable bonds is 5. The van der Waals surface area contributed by atoms with Crippen molar-refractivity contribution in [2.45, 2.75) is 31.1 Å². The van der Waals surface area contributed by atoms with Gasteiger partial charge in [-0.15, -0.1) is 12.4 Å². The van der Waals surface area contributed by atoms with Gasteiger partial charge in [0.1, 0.15) is 5.75 Å². The van der Waals surface area contributed by atoms with E-state index < -0.39 is 0 Å². The van der Waals surface area contributed by atoms with Crippen molar-refractivity contribution in [3.63, 3.8) is 0 Å². The Bertz CT molecular complexity index is 511. The highest BCUT2D eigenvalue weighted by Gasteiger charge is 2.37. The number of methoxy groups -OCH3 is 1. The highest BCUT2D eigenvalue weighted by molar-refractivity contribution is 5.85. The molecule has 1 aliphatic heterocycles. The molecule has 1 saturated carbocycles. The molecule has 2 N–H and O–H groups in total. The van der Waals surface area contributed by atoms with Crippen LogP contribution in [-0.4, -0.2) is 32.7 Å². The summed E-state index contributed by atoms with van der Waals surface area (Å²) in [7, 11) is 1.70. The van der Waals surface area contributed by atoms with Gasteiger partial charge in [-0.1, -0.05) is 25.0 Å². The Labute approximate surface area is 138 Å². The van der Waals surface area contributed by atoms with Crippen molar-refractivity contribution in [1.82, 2.24) is 10.6 Å². The van der Waals surface area contributed by atoms with Crippen LogP contribution in [0, 0.1) is 5.92 Å². The first-order chi connectivity index (χ1) is 10.2. The van der Waals surface area contributed by atoms with Gasteiger partial charge in [-0.3, -0.25) is 4.79 Å². The second-order valence-electron chi connectivity index (χ2n) is 6.29. The summed E-state index contributed by atoms with van der Waals surface area (Å²) in [5, 5.41) is 6.33. The molecule has 1 saturated heterocycles. The summed E-state index contributed by atoms with van der Waals surface area (Å²) in [5.74, 6) is 1.25. The van der Waals surface area contributed by atoms with Crippen LogP contribution in [0.15, 0.2) is 24.3 Å². The van der Waals surface area contributed by atoms with Crippen LogP contribution >= 0.6 is 12.4 Å². The van der Waals surface area contributed by atoms with E-state index in [1.54, 1.807) is 7.11 Å². The van der Waals surface area contributed by atoms with Gasteiger partial charge in [0.2, 0.25) is 5.91 Å². The molecule has 2 fully saturated rings. The van der Waals surface area contributed by atoms with Crippen LogP contribution in [0.4, 0.5) is 0 Å². The molecule has 1 aliphatic carbocycles. The van der Waals surface area contributed by atoms with Gasteiger partial charge in [-0.2, -0.15) is 0 Å². The quantitative estimate of drug-likeness (QED) is 0.873. The summed E-state index contributed by atoms with van der Waals surface area (Å²) in [6.45, 7) is 2.38. The highest BCUT2D eigenvalue weighted by Crippen LogP contribution is 2.41. The van der Waals surface area contributed by atoms with Crippen molar-refractivity contribution in [2.24, 2.45) is 5.92 Å². The lowest BCUT2D eigenvalue weighted by Crippen LogP contribution is -2.52. The SMILES string of the molecule is COc1cccc(C2(CNC(=O)C3CNC3)CCCC2)c1.Cl. The molecule has 22 heavy (non-hydrogen) atoms. The van der Waals surface area contributed by atoms with E-state index in [-0.39, 0.29) is 29.6 Å². The zero-order valence-corrected chi connectivity index (χ0v) is 13.9. The van der Waals surface area contributed by atoms with E-state index in [9.17, 15) is 4.79 Å². The van der Waals surface area contributed by atoms with Crippen LogP contribution in [0.1, 0.15) is 31.2 Å². The van der Waals surface area contributed by atoms with Gasteiger partial charge in [-0.05, 0) is 30.5 Å². The van der Waals surface area contributed by atoms with Crippen molar-refractivity contribution in [3.8, 4) is 5.75 Å². The predicted molar refractivity (Wildman–Crippen MR) is 89.8 cm³/mol. The molecule has 5 heteroatoms. The fraction of sp³-hybridized carbons (Fsp3) is 0.588. The second kappa shape index (κ2) is 7.34. The van der Waals surface area contributed by atoms with Crippen molar-refractivity contribution in [2.75, 3.05) is 26.7 Å². The zero-order chi connectivity index (χ0) is 14.7. The number of carbonyl (C=O) groups is 1. The van der Waals surface area contributed by atoms with E-state index >= 15 is 0 Å². The molecule has 3 rings (SSSR count). The molecule has 4 nitrogen and oxygen atoms in total. The topological polar surface area (TPSA) is 50.4 Å². The van der Waals surface area contributed by atoms with E-state index in [4.69, 9.17) is 4.74 Å². The third kappa shape index (κ3) is 3.39. The van der Waals surface area contributed by atoms with E-state index in [1.165, 1.54) is 18.4 Å². The Morgan fingerprint density at radius 2 is 2.09 bits per heavy atom. The molecule has 1 heterocycles.